The van der Waals surface area contributed by atoms with Crippen molar-refractivity contribution in [3.63, 3.8) is 0 Å². The van der Waals surface area contributed by atoms with Gasteiger partial charge in [0.05, 0.1) is 6.54 Å². The summed E-state index contributed by atoms with van der Waals surface area (Å²) in [7, 11) is 0. The smallest absolute Gasteiger partial charge is 0.291 e. The van der Waals surface area contributed by atoms with Crippen LogP contribution in [-0.4, -0.2) is 30.7 Å². The molecule has 11 heavy (non-hydrogen) atoms. The highest BCUT2D eigenvalue weighted by atomic mass is 19.4. The summed E-state index contributed by atoms with van der Waals surface area (Å²) < 4.78 is 35.3. The van der Waals surface area contributed by atoms with Crippen LogP contribution in [0.5, 0.6) is 0 Å². The van der Waals surface area contributed by atoms with Crippen LogP contribution in [0.25, 0.3) is 0 Å². The van der Waals surface area contributed by atoms with Crippen LogP contribution in [0.4, 0.5) is 13.2 Å². The molecule has 0 spiro atoms. The fourth-order valence-electron chi connectivity index (χ4n) is 1.09. The molecule has 0 N–H and O–H groups in total. The zero-order valence-corrected chi connectivity index (χ0v) is 6.06. The van der Waals surface area contributed by atoms with Gasteiger partial charge in [-0.1, -0.05) is 12.2 Å². The van der Waals surface area contributed by atoms with Crippen molar-refractivity contribution in [2.45, 2.75) is 12.6 Å². The van der Waals surface area contributed by atoms with Gasteiger partial charge in [0.1, 0.15) is 0 Å². The Hall–Kier alpha value is -0.510. The van der Waals surface area contributed by atoms with E-state index in [1.807, 2.05) is 6.08 Å². The van der Waals surface area contributed by atoms with Crippen LogP contribution in [0.2, 0.25) is 0 Å². The Morgan fingerprint density at radius 1 is 1.27 bits per heavy atom. The fourth-order valence-corrected chi connectivity index (χ4v) is 1.09. The van der Waals surface area contributed by atoms with Crippen molar-refractivity contribution in [1.82, 2.24) is 4.90 Å². The van der Waals surface area contributed by atoms with Crippen molar-refractivity contribution in [3.8, 4) is 0 Å². The Kier molecular flexibility index (Phi) is 2.54. The lowest BCUT2D eigenvalue weighted by atomic mass is 10.2. The molecule has 0 radical (unpaired) electrons. The van der Waals surface area contributed by atoms with E-state index in [1.165, 1.54) is 4.90 Å². The van der Waals surface area contributed by atoms with E-state index in [4.69, 9.17) is 0 Å². The standard InChI is InChI=1S/C7H10F3N/c8-7(9,10)6-11-4-2-1-3-5-11/h1-2H,3-6H2. The van der Waals surface area contributed by atoms with Crippen molar-refractivity contribution < 1.29 is 13.2 Å². The Balaban J connectivity index is 2.32. The van der Waals surface area contributed by atoms with E-state index in [0.29, 0.717) is 13.1 Å². The highest BCUT2D eigenvalue weighted by molar-refractivity contribution is 4.91. The second kappa shape index (κ2) is 3.26. The molecule has 0 unspecified atom stereocenters. The lowest BCUT2D eigenvalue weighted by Crippen LogP contribution is -2.36. The monoisotopic (exact) mass is 165 g/mol. The summed E-state index contributed by atoms with van der Waals surface area (Å²) in [6.45, 7) is 0.173. The molecule has 0 atom stereocenters. The molecule has 0 aliphatic carbocycles. The predicted octanol–water partition coefficient (Wildman–Crippen LogP) is 1.81. The van der Waals surface area contributed by atoms with E-state index in [2.05, 4.69) is 0 Å². The molecule has 0 aromatic rings. The minimum atomic E-state index is -4.05. The van der Waals surface area contributed by atoms with Gasteiger partial charge in [0.15, 0.2) is 0 Å². The van der Waals surface area contributed by atoms with Gasteiger partial charge in [-0.05, 0) is 6.42 Å². The third-order valence-corrected chi connectivity index (χ3v) is 1.55. The second-order valence-electron chi connectivity index (χ2n) is 2.61. The minimum absolute atomic E-state index is 0.430. The number of halogens is 3. The molecule has 0 amide bonds. The summed E-state index contributed by atoms with van der Waals surface area (Å²) in [5, 5.41) is 0. The van der Waals surface area contributed by atoms with Gasteiger partial charge in [0.2, 0.25) is 0 Å². The molecule has 0 aromatic carbocycles. The maximum atomic E-state index is 11.8. The molecule has 1 aliphatic rings. The molecule has 0 fully saturated rings. The van der Waals surface area contributed by atoms with E-state index in [0.717, 1.165) is 6.42 Å². The quantitative estimate of drug-likeness (QED) is 0.535. The van der Waals surface area contributed by atoms with Gasteiger partial charge in [-0.2, -0.15) is 13.2 Å². The molecule has 0 aromatic heterocycles. The molecular weight excluding hydrogens is 155 g/mol. The van der Waals surface area contributed by atoms with E-state index >= 15 is 0 Å². The average Bonchev–Trinajstić information content (AvgIpc) is 1.85. The van der Waals surface area contributed by atoms with Gasteiger partial charge in [0.25, 0.3) is 0 Å². The topological polar surface area (TPSA) is 3.24 Å². The van der Waals surface area contributed by atoms with Crippen molar-refractivity contribution >= 4 is 0 Å². The van der Waals surface area contributed by atoms with Crippen LogP contribution in [0.1, 0.15) is 6.42 Å². The Labute approximate surface area is 63.5 Å². The average molecular weight is 165 g/mol. The summed E-state index contributed by atoms with van der Waals surface area (Å²) in [4.78, 5) is 1.39. The van der Waals surface area contributed by atoms with Crippen LogP contribution >= 0.6 is 0 Å². The third kappa shape index (κ3) is 3.41. The van der Waals surface area contributed by atoms with Gasteiger partial charge in [0, 0.05) is 13.1 Å². The maximum Gasteiger partial charge on any atom is 0.401 e. The largest absolute Gasteiger partial charge is 0.401 e. The fraction of sp³-hybridized carbons (Fsp3) is 0.714. The molecule has 1 rings (SSSR count). The minimum Gasteiger partial charge on any atom is -0.291 e. The molecule has 1 nitrogen and oxygen atoms in total. The van der Waals surface area contributed by atoms with Crippen LogP contribution in [-0.2, 0) is 0 Å². The molecule has 4 heteroatoms. The first-order valence-electron chi connectivity index (χ1n) is 3.52. The number of hydrogen-bond donors (Lipinski definition) is 0. The normalized spacial score (nSPS) is 20.6. The van der Waals surface area contributed by atoms with E-state index in [9.17, 15) is 13.2 Å². The Bertz CT molecular complexity index is 150. The van der Waals surface area contributed by atoms with Crippen molar-refractivity contribution in [1.29, 1.82) is 0 Å². The first-order valence-corrected chi connectivity index (χ1v) is 3.52. The van der Waals surface area contributed by atoms with E-state index < -0.39 is 12.7 Å². The van der Waals surface area contributed by atoms with Gasteiger partial charge < -0.3 is 0 Å². The predicted molar refractivity (Wildman–Crippen MR) is 36.3 cm³/mol. The molecule has 1 heterocycles. The number of nitrogens with zero attached hydrogens (tertiary/aromatic N) is 1. The van der Waals surface area contributed by atoms with Crippen LogP contribution in [0.15, 0.2) is 12.2 Å². The summed E-state index contributed by atoms with van der Waals surface area (Å²) in [6.07, 6.45) is 0.364. The summed E-state index contributed by atoms with van der Waals surface area (Å²) in [5.41, 5.74) is 0. The zero-order chi connectivity index (χ0) is 8.32. The van der Waals surface area contributed by atoms with Gasteiger partial charge >= 0.3 is 6.18 Å². The van der Waals surface area contributed by atoms with Crippen molar-refractivity contribution in [3.05, 3.63) is 12.2 Å². The highest BCUT2D eigenvalue weighted by Crippen LogP contribution is 2.17. The summed E-state index contributed by atoms with van der Waals surface area (Å²) >= 11 is 0. The zero-order valence-electron chi connectivity index (χ0n) is 6.06. The first kappa shape index (κ1) is 8.59. The Morgan fingerprint density at radius 2 is 2.00 bits per heavy atom. The first-order chi connectivity index (χ1) is 5.08. The van der Waals surface area contributed by atoms with Crippen LogP contribution in [0.3, 0.4) is 0 Å². The second-order valence-corrected chi connectivity index (χ2v) is 2.61. The molecule has 0 bridgehead atoms. The molecule has 1 aliphatic heterocycles. The third-order valence-electron chi connectivity index (χ3n) is 1.55. The summed E-state index contributed by atoms with van der Waals surface area (Å²) in [5.74, 6) is 0. The van der Waals surface area contributed by atoms with Crippen LogP contribution < -0.4 is 0 Å². The van der Waals surface area contributed by atoms with Gasteiger partial charge in [-0.15, -0.1) is 0 Å². The van der Waals surface area contributed by atoms with E-state index in [1.54, 1.807) is 6.08 Å². The lowest BCUT2D eigenvalue weighted by molar-refractivity contribution is -0.144. The van der Waals surface area contributed by atoms with Gasteiger partial charge in [-0.25, -0.2) is 0 Å². The van der Waals surface area contributed by atoms with E-state index in [-0.39, 0.29) is 0 Å². The van der Waals surface area contributed by atoms with Crippen molar-refractivity contribution in [2.24, 2.45) is 0 Å². The molecule has 0 saturated heterocycles. The number of rotatable bonds is 1. The summed E-state index contributed by atoms with van der Waals surface area (Å²) in [6, 6.07) is 0. The SMILES string of the molecule is FC(F)(F)CN1CC=CCC1. The van der Waals surface area contributed by atoms with Crippen molar-refractivity contribution in [2.75, 3.05) is 19.6 Å². The number of hydrogen-bond acceptors (Lipinski definition) is 1. The number of alkyl halides is 3. The lowest BCUT2D eigenvalue weighted by Gasteiger charge is -2.23. The van der Waals surface area contributed by atoms with Gasteiger partial charge in [-0.3, -0.25) is 4.90 Å². The highest BCUT2D eigenvalue weighted by Gasteiger charge is 2.30. The van der Waals surface area contributed by atoms with Crippen LogP contribution in [0, 0.1) is 0 Å². The molecular formula is C7H10F3N. The maximum absolute atomic E-state index is 11.8. The molecule has 64 valence electrons. The Morgan fingerprint density at radius 3 is 2.45 bits per heavy atom. The molecule has 0 saturated carbocycles.